The van der Waals surface area contributed by atoms with Gasteiger partial charge in [0.2, 0.25) is 0 Å². The number of nitrogens with one attached hydrogen (secondary N) is 1. The van der Waals surface area contributed by atoms with Crippen LogP contribution in [0.2, 0.25) is 0 Å². The molecule has 84 valence electrons. The second-order valence-electron chi connectivity index (χ2n) is 3.29. The zero-order chi connectivity index (χ0) is 11.1. The fourth-order valence-electron chi connectivity index (χ4n) is 1.25. The molecule has 0 saturated carbocycles. The lowest BCUT2D eigenvalue weighted by Crippen LogP contribution is -2.15. The summed E-state index contributed by atoms with van der Waals surface area (Å²) >= 11 is 6.62. The third kappa shape index (κ3) is 4.62. The summed E-state index contributed by atoms with van der Waals surface area (Å²) in [4.78, 5) is 0. The van der Waals surface area contributed by atoms with Crippen molar-refractivity contribution < 1.29 is 4.39 Å². The van der Waals surface area contributed by atoms with Gasteiger partial charge in [0, 0.05) is 11.9 Å². The normalized spacial score (nSPS) is 10.6. The Morgan fingerprint density at radius 2 is 2.07 bits per heavy atom. The monoisotopic (exact) mass is 337 g/mol. The van der Waals surface area contributed by atoms with E-state index in [1.165, 1.54) is 6.07 Å². The van der Waals surface area contributed by atoms with Gasteiger partial charge < -0.3 is 5.32 Å². The molecule has 15 heavy (non-hydrogen) atoms. The molecule has 1 aromatic rings. The molecule has 0 fully saturated rings. The van der Waals surface area contributed by atoms with Gasteiger partial charge in [-0.2, -0.15) is 0 Å². The summed E-state index contributed by atoms with van der Waals surface area (Å²) in [6, 6.07) is 5.11. The maximum Gasteiger partial charge on any atom is 0.137 e. The van der Waals surface area contributed by atoms with Crippen LogP contribution in [0.15, 0.2) is 22.7 Å². The number of hydrogen-bond acceptors (Lipinski definition) is 1. The maximum absolute atomic E-state index is 13.1. The van der Waals surface area contributed by atoms with E-state index in [1.807, 2.05) is 6.07 Å². The van der Waals surface area contributed by atoms with Crippen LogP contribution in [0.4, 0.5) is 4.39 Å². The largest absolute Gasteiger partial charge is 0.313 e. The first-order chi connectivity index (χ1) is 7.25. The van der Waals surface area contributed by atoms with E-state index in [2.05, 4.69) is 37.2 Å². The predicted molar refractivity (Wildman–Crippen MR) is 68.8 cm³/mol. The lowest BCUT2D eigenvalue weighted by atomic mass is 10.2. The highest BCUT2D eigenvalue weighted by atomic mass is 79.9. The van der Waals surface area contributed by atoms with Gasteiger partial charge in [0.1, 0.15) is 5.82 Å². The lowest BCUT2D eigenvalue weighted by molar-refractivity contribution is 0.607. The number of hydrogen-bond donors (Lipinski definition) is 1. The molecule has 0 amide bonds. The van der Waals surface area contributed by atoms with E-state index in [4.69, 9.17) is 0 Å². The molecule has 0 atom stereocenters. The fraction of sp³-hybridized carbons (Fsp3) is 0.455. The van der Waals surface area contributed by atoms with Crippen LogP contribution in [0.5, 0.6) is 0 Å². The Labute approximate surface area is 107 Å². The van der Waals surface area contributed by atoms with Crippen LogP contribution in [0, 0.1) is 5.82 Å². The number of alkyl halides is 1. The molecule has 0 unspecified atom stereocenters. The quantitative estimate of drug-likeness (QED) is 0.613. The van der Waals surface area contributed by atoms with Crippen molar-refractivity contribution in [3.63, 3.8) is 0 Å². The second-order valence-corrected chi connectivity index (χ2v) is 4.87. The van der Waals surface area contributed by atoms with Crippen LogP contribution in [0.25, 0.3) is 0 Å². The average Bonchev–Trinajstić information content (AvgIpc) is 2.24. The number of halogens is 3. The Balaban J connectivity index is 2.34. The minimum atomic E-state index is -0.199. The SMILES string of the molecule is Fc1cccc(CNCCCCBr)c1Br. The van der Waals surface area contributed by atoms with E-state index in [9.17, 15) is 4.39 Å². The standard InChI is InChI=1S/C11H14Br2FN/c12-6-1-2-7-15-8-9-4-3-5-10(14)11(9)13/h3-5,15H,1-2,6-8H2. The van der Waals surface area contributed by atoms with Gasteiger partial charge in [-0.1, -0.05) is 28.1 Å². The molecule has 0 radical (unpaired) electrons. The minimum absolute atomic E-state index is 0.199. The van der Waals surface area contributed by atoms with Crippen molar-refractivity contribution in [2.45, 2.75) is 19.4 Å². The van der Waals surface area contributed by atoms with Crippen LogP contribution in [0.1, 0.15) is 18.4 Å². The molecular weight excluding hydrogens is 325 g/mol. The summed E-state index contributed by atoms with van der Waals surface area (Å²) in [5.74, 6) is -0.199. The number of rotatable bonds is 6. The summed E-state index contributed by atoms with van der Waals surface area (Å²) < 4.78 is 13.7. The highest BCUT2D eigenvalue weighted by molar-refractivity contribution is 9.10. The van der Waals surface area contributed by atoms with Crippen molar-refractivity contribution in [2.24, 2.45) is 0 Å². The molecule has 1 rings (SSSR count). The van der Waals surface area contributed by atoms with Gasteiger partial charge in [0.15, 0.2) is 0 Å². The van der Waals surface area contributed by atoms with Crippen molar-refractivity contribution in [2.75, 3.05) is 11.9 Å². The van der Waals surface area contributed by atoms with Gasteiger partial charge in [-0.3, -0.25) is 0 Å². The maximum atomic E-state index is 13.1. The predicted octanol–water partition coefficient (Wildman–Crippen LogP) is 3.85. The van der Waals surface area contributed by atoms with Crippen molar-refractivity contribution in [1.29, 1.82) is 0 Å². The van der Waals surface area contributed by atoms with Crippen LogP contribution in [-0.2, 0) is 6.54 Å². The highest BCUT2D eigenvalue weighted by Gasteiger charge is 2.03. The van der Waals surface area contributed by atoms with Gasteiger partial charge in [-0.05, 0) is 46.9 Å². The van der Waals surface area contributed by atoms with E-state index in [0.29, 0.717) is 11.0 Å². The molecule has 1 nitrogen and oxygen atoms in total. The second kappa shape index (κ2) is 7.36. The molecule has 0 heterocycles. The van der Waals surface area contributed by atoms with E-state index >= 15 is 0 Å². The zero-order valence-corrected chi connectivity index (χ0v) is 11.6. The summed E-state index contributed by atoms with van der Waals surface area (Å²) in [6.07, 6.45) is 2.30. The van der Waals surface area contributed by atoms with E-state index in [0.717, 1.165) is 30.3 Å². The average molecular weight is 339 g/mol. The summed E-state index contributed by atoms with van der Waals surface area (Å²) in [5, 5.41) is 4.33. The first kappa shape index (κ1) is 13.1. The first-order valence-corrected chi connectivity index (χ1v) is 6.86. The summed E-state index contributed by atoms with van der Waals surface area (Å²) in [5.41, 5.74) is 0.967. The Morgan fingerprint density at radius 1 is 1.27 bits per heavy atom. The molecule has 0 bridgehead atoms. The van der Waals surface area contributed by atoms with Crippen molar-refractivity contribution in [1.82, 2.24) is 5.32 Å². The summed E-state index contributed by atoms with van der Waals surface area (Å²) in [6.45, 7) is 1.68. The van der Waals surface area contributed by atoms with E-state index < -0.39 is 0 Å². The molecule has 0 aromatic heterocycles. The highest BCUT2D eigenvalue weighted by Crippen LogP contribution is 2.19. The van der Waals surface area contributed by atoms with Crippen LogP contribution in [-0.4, -0.2) is 11.9 Å². The van der Waals surface area contributed by atoms with Gasteiger partial charge >= 0.3 is 0 Å². The molecule has 0 aliphatic rings. The third-order valence-electron chi connectivity index (χ3n) is 2.08. The Bertz CT molecular complexity index is 305. The number of benzene rings is 1. The minimum Gasteiger partial charge on any atom is -0.313 e. The van der Waals surface area contributed by atoms with Crippen LogP contribution < -0.4 is 5.32 Å². The topological polar surface area (TPSA) is 12.0 Å². The van der Waals surface area contributed by atoms with Crippen molar-refractivity contribution in [3.05, 3.63) is 34.1 Å². The van der Waals surface area contributed by atoms with Crippen molar-refractivity contribution in [3.8, 4) is 0 Å². The Hall–Kier alpha value is 0.0700. The van der Waals surface area contributed by atoms with E-state index in [-0.39, 0.29) is 5.82 Å². The van der Waals surface area contributed by atoms with Crippen molar-refractivity contribution >= 4 is 31.9 Å². The molecule has 0 saturated heterocycles. The molecule has 1 aromatic carbocycles. The third-order valence-corrected chi connectivity index (χ3v) is 3.53. The molecule has 4 heteroatoms. The molecule has 0 spiro atoms. The first-order valence-electron chi connectivity index (χ1n) is 4.95. The molecule has 0 aliphatic carbocycles. The smallest absolute Gasteiger partial charge is 0.137 e. The lowest BCUT2D eigenvalue weighted by Gasteiger charge is -2.06. The Kier molecular flexibility index (Phi) is 6.45. The molecule has 0 aliphatic heterocycles. The fourth-order valence-corrected chi connectivity index (χ4v) is 2.05. The van der Waals surface area contributed by atoms with Crippen LogP contribution in [0.3, 0.4) is 0 Å². The van der Waals surface area contributed by atoms with Gasteiger partial charge in [0.05, 0.1) is 4.47 Å². The zero-order valence-electron chi connectivity index (χ0n) is 8.40. The molecular formula is C11H14Br2FN. The van der Waals surface area contributed by atoms with Crippen LogP contribution >= 0.6 is 31.9 Å². The molecule has 1 N–H and O–H groups in total. The number of unbranched alkanes of at least 4 members (excludes halogenated alkanes) is 1. The Morgan fingerprint density at radius 3 is 2.80 bits per heavy atom. The van der Waals surface area contributed by atoms with Gasteiger partial charge in [0.25, 0.3) is 0 Å². The van der Waals surface area contributed by atoms with Gasteiger partial charge in [-0.15, -0.1) is 0 Å². The van der Waals surface area contributed by atoms with Gasteiger partial charge in [-0.25, -0.2) is 4.39 Å². The van der Waals surface area contributed by atoms with E-state index in [1.54, 1.807) is 6.07 Å². The summed E-state index contributed by atoms with van der Waals surface area (Å²) in [7, 11) is 0.